The summed E-state index contributed by atoms with van der Waals surface area (Å²) >= 11 is 0. The molecule has 0 rings (SSSR count). The SMILES string of the molecule is CCOC(C)C(CCC(C)(C)OC)NN. The Morgan fingerprint density at radius 1 is 1.40 bits per heavy atom. The summed E-state index contributed by atoms with van der Waals surface area (Å²) in [4.78, 5) is 0. The summed E-state index contributed by atoms with van der Waals surface area (Å²) in [7, 11) is 1.73. The van der Waals surface area contributed by atoms with Gasteiger partial charge in [-0.1, -0.05) is 0 Å². The van der Waals surface area contributed by atoms with Gasteiger partial charge in [0.05, 0.1) is 11.7 Å². The van der Waals surface area contributed by atoms with Crippen molar-refractivity contribution in [3.63, 3.8) is 0 Å². The van der Waals surface area contributed by atoms with Crippen LogP contribution in [0.1, 0.15) is 40.5 Å². The summed E-state index contributed by atoms with van der Waals surface area (Å²) in [5.74, 6) is 5.50. The van der Waals surface area contributed by atoms with E-state index in [1.165, 1.54) is 0 Å². The Labute approximate surface area is 93.5 Å². The van der Waals surface area contributed by atoms with E-state index in [0.717, 1.165) is 12.8 Å². The molecular formula is C11H26N2O2. The Kier molecular flexibility index (Phi) is 7.09. The second-order valence-electron chi connectivity index (χ2n) is 4.44. The highest BCUT2D eigenvalue weighted by Crippen LogP contribution is 2.18. The Bertz CT molecular complexity index is 163. The Hall–Kier alpha value is -0.160. The van der Waals surface area contributed by atoms with Gasteiger partial charge in [-0.05, 0) is 40.5 Å². The molecule has 0 aliphatic carbocycles. The molecule has 0 amide bonds. The molecule has 0 aliphatic rings. The predicted molar refractivity (Wildman–Crippen MR) is 62.5 cm³/mol. The molecule has 0 spiro atoms. The second kappa shape index (κ2) is 7.17. The molecule has 0 saturated carbocycles. The van der Waals surface area contributed by atoms with Crippen molar-refractivity contribution >= 4 is 0 Å². The van der Waals surface area contributed by atoms with Gasteiger partial charge in [0.25, 0.3) is 0 Å². The van der Waals surface area contributed by atoms with Crippen LogP contribution in [0.2, 0.25) is 0 Å². The zero-order chi connectivity index (χ0) is 11.9. The number of nitrogens with two attached hydrogens (primary N) is 1. The number of rotatable bonds is 8. The molecule has 15 heavy (non-hydrogen) atoms. The third-order valence-electron chi connectivity index (χ3n) is 2.82. The van der Waals surface area contributed by atoms with Crippen LogP contribution < -0.4 is 11.3 Å². The van der Waals surface area contributed by atoms with E-state index in [1.54, 1.807) is 7.11 Å². The molecular weight excluding hydrogens is 192 g/mol. The first kappa shape index (κ1) is 14.8. The standard InChI is InChI=1S/C11H26N2O2/c1-6-15-9(2)10(13-12)7-8-11(3,4)14-5/h9-10,13H,6-8,12H2,1-5H3. The van der Waals surface area contributed by atoms with Gasteiger partial charge in [0.1, 0.15) is 0 Å². The lowest BCUT2D eigenvalue weighted by molar-refractivity contribution is -0.000381. The number of hydrogen-bond donors (Lipinski definition) is 2. The van der Waals surface area contributed by atoms with Crippen LogP contribution in [0.15, 0.2) is 0 Å². The fourth-order valence-electron chi connectivity index (χ4n) is 1.44. The molecule has 0 radical (unpaired) electrons. The molecule has 0 aromatic heterocycles. The van der Waals surface area contributed by atoms with Crippen LogP contribution in [0.25, 0.3) is 0 Å². The van der Waals surface area contributed by atoms with Crippen LogP contribution in [-0.2, 0) is 9.47 Å². The number of hydrogen-bond acceptors (Lipinski definition) is 4. The topological polar surface area (TPSA) is 56.5 Å². The highest BCUT2D eigenvalue weighted by atomic mass is 16.5. The van der Waals surface area contributed by atoms with Crippen LogP contribution in [0.5, 0.6) is 0 Å². The van der Waals surface area contributed by atoms with Crippen molar-refractivity contribution < 1.29 is 9.47 Å². The van der Waals surface area contributed by atoms with E-state index in [4.69, 9.17) is 15.3 Å². The minimum atomic E-state index is -0.0962. The first-order valence-corrected chi connectivity index (χ1v) is 5.59. The van der Waals surface area contributed by atoms with Crippen molar-refractivity contribution in [3.8, 4) is 0 Å². The van der Waals surface area contributed by atoms with E-state index in [1.807, 2.05) is 13.8 Å². The molecule has 3 N–H and O–H groups in total. The summed E-state index contributed by atoms with van der Waals surface area (Å²) in [5.41, 5.74) is 2.71. The van der Waals surface area contributed by atoms with E-state index in [9.17, 15) is 0 Å². The molecule has 4 heteroatoms. The number of ether oxygens (including phenoxy) is 2. The van der Waals surface area contributed by atoms with Crippen molar-refractivity contribution in [2.45, 2.75) is 58.3 Å². The van der Waals surface area contributed by atoms with Gasteiger partial charge in [-0.15, -0.1) is 0 Å². The maximum Gasteiger partial charge on any atom is 0.0713 e. The Morgan fingerprint density at radius 3 is 2.40 bits per heavy atom. The molecule has 4 nitrogen and oxygen atoms in total. The van der Waals surface area contributed by atoms with Crippen molar-refractivity contribution in [1.82, 2.24) is 5.43 Å². The highest BCUT2D eigenvalue weighted by molar-refractivity contribution is 4.77. The molecule has 0 aromatic rings. The zero-order valence-corrected chi connectivity index (χ0v) is 10.7. The van der Waals surface area contributed by atoms with Crippen LogP contribution >= 0.6 is 0 Å². The third-order valence-corrected chi connectivity index (χ3v) is 2.82. The van der Waals surface area contributed by atoms with Gasteiger partial charge in [0, 0.05) is 19.8 Å². The van der Waals surface area contributed by atoms with E-state index in [0.29, 0.717) is 6.61 Å². The van der Waals surface area contributed by atoms with Gasteiger partial charge in [-0.25, -0.2) is 0 Å². The van der Waals surface area contributed by atoms with Crippen molar-refractivity contribution in [1.29, 1.82) is 0 Å². The third kappa shape index (κ3) is 6.10. The molecule has 0 bridgehead atoms. The molecule has 2 unspecified atom stereocenters. The molecule has 0 fully saturated rings. The van der Waals surface area contributed by atoms with Crippen LogP contribution in [0, 0.1) is 0 Å². The molecule has 0 aromatic carbocycles. The van der Waals surface area contributed by atoms with Gasteiger partial charge in [0.15, 0.2) is 0 Å². The minimum absolute atomic E-state index is 0.0962. The fraction of sp³-hybridized carbons (Fsp3) is 1.00. The minimum Gasteiger partial charge on any atom is -0.379 e. The van der Waals surface area contributed by atoms with E-state index in [2.05, 4.69) is 19.3 Å². The number of nitrogens with one attached hydrogen (secondary N) is 1. The lowest BCUT2D eigenvalue weighted by Crippen LogP contribution is -2.45. The van der Waals surface area contributed by atoms with Crippen molar-refractivity contribution in [3.05, 3.63) is 0 Å². The first-order chi connectivity index (χ1) is 6.96. The average molecular weight is 218 g/mol. The lowest BCUT2D eigenvalue weighted by Gasteiger charge is -2.28. The van der Waals surface area contributed by atoms with Gasteiger partial charge in [-0.3, -0.25) is 11.3 Å². The summed E-state index contributed by atoms with van der Waals surface area (Å²) in [6, 6.07) is 0.180. The summed E-state index contributed by atoms with van der Waals surface area (Å²) < 4.78 is 10.9. The summed E-state index contributed by atoms with van der Waals surface area (Å²) in [6.45, 7) is 8.89. The molecule has 0 aliphatic heterocycles. The van der Waals surface area contributed by atoms with Gasteiger partial charge in [-0.2, -0.15) is 0 Å². The first-order valence-electron chi connectivity index (χ1n) is 5.59. The molecule has 0 saturated heterocycles. The van der Waals surface area contributed by atoms with Crippen LogP contribution in [-0.4, -0.2) is 31.5 Å². The van der Waals surface area contributed by atoms with Gasteiger partial charge in [0.2, 0.25) is 0 Å². The molecule has 92 valence electrons. The van der Waals surface area contributed by atoms with E-state index < -0.39 is 0 Å². The lowest BCUT2D eigenvalue weighted by atomic mass is 9.97. The monoisotopic (exact) mass is 218 g/mol. The smallest absolute Gasteiger partial charge is 0.0713 e. The highest BCUT2D eigenvalue weighted by Gasteiger charge is 2.22. The molecule has 2 atom stereocenters. The summed E-state index contributed by atoms with van der Waals surface area (Å²) in [5, 5.41) is 0. The van der Waals surface area contributed by atoms with Crippen LogP contribution in [0.3, 0.4) is 0 Å². The molecule has 0 heterocycles. The maximum atomic E-state index is 5.51. The number of methoxy groups -OCH3 is 1. The summed E-state index contributed by atoms with van der Waals surface area (Å²) in [6.07, 6.45) is 2.03. The van der Waals surface area contributed by atoms with Crippen molar-refractivity contribution in [2.75, 3.05) is 13.7 Å². The van der Waals surface area contributed by atoms with Gasteiger partial charge < -0.3 is 9.47 Å². The maximum absolute atomic E-state index is 5.51. The van der Waals surface area contributed by atoms with Crippen LogP contribution in [0.4, 0.5) is 0 Å². The normalized spacial score (nSPS) is 16.4. The largest absolute Gasteiger partial charge is 0.379 e. The Morgan fingerprint density at radius 2 is 2.00 bits per heavy atom. The fourth-order valence-corrected chi connectivity index (χ4v) is 1.44. The zero-order valence-electron chi connectivity index (χ0n) is 10.7. The predicted octanol–water partition coefficient (Wildman–Crippen LogP) is 1.45. The Balaban J connectivity index is 3.99. The van der Waals surface area contributed by atoms with Gasteiger partial charge >= 0.3 is 0 Å². The van der Waals surface area contributed by atoms with E-state index in [-0.39, 0.29) is 17.7 Å². The number of hydrazine groups is 1. The van der Waals surface area contributed by atoms with Crippen molar-refractivity contribution in [2.24, 2.45) is 5.84 Å². The van der Waals surface area contributed by atoms with E-state index >= 15 is 0 Å². The quantitative estimate of drug-likeness (QED) is 0.478. The average Bonchev–Trinajstić information content (AvgIpc) is 2.19. The second-order valence-corrected chi connectivity index (χ2v) is 4.44.